The molecular formula is C21H19N3OS2. The minimum absolute atomic E-state index is 0.778. The highest BCUT2D eigenvalue weighted by molar-refractivity contribution is 7.14. The number of methoxy groups -OCH3 is 1. The summed E-state index contributed by atoms with van der Waals surface area (Å²) < 4.78 is 7.73. The molecule has 0 spiro atoms. The lowest BCUT2D eigenvalue weighted by Gasteiger charge is -2.08. The number of ether oxygens (including phenoxy) is 1. The summed E-state index contributed by atoms with van der Waals surface area (Å²) in [6, 6.07) is 18.1. The molecule has 0 bridgehead atoms. The molecule has 1 aromatic carbocycles. The second kappa shape index (κ2) is 8.33. The van der Waals surface area contributed by atoms with Gasteiger partial charge in [0.1, 0.15) is 11.4 Å². The van der Waals surface area contributed by atoms with E-state index in [1.165, 1.54) is 10.6 Å². The van der Waals surface area contributed by atoms with Gasteiger partial charge in [-0.2, -0.15) is 0 Å². The molecule has 6 heteroatoms. The summed E-state index contributed by atoms with van der Waals surface area (Å²) in [5.74, 6) is 0.778. The molecule has 0 unspecified atom stereocenters. The monoisotopic (exact) mass is 393 g/mol. The van der Waals surface area contributed by atoms with Crippen LogP contribution in [0.1, 0.15) is 5.69 Å². The van der Waals surface area contributed by atoms with Crippen LogP contribution in [-0.4, -0.2) is 16.7 Å². The van der Waals surface area contributed by atoms with Crippen LogP contribution in [0, 0.1) is 0 Å². The molecule has 4 rings (SSSR count). The van der Waals surface area contributed by atoms with E-state index in [1.807, 2.05) is 42.6 Å². The summed E-state index contributed by atoms with van der Waals surface area (Å²) in [5, 5.41) is 4.28. The van der Waals surface area contributed by atoms with E-state index in [0.717, 1.165) is 34.9 Å². The van der Waals surface area contributed by atoms with E-state index in [0.29, 0.717) is 0 Å². The lowest BCUT2D eigenvalue weighted by molar-refractivity contribution is 0.416. The van der Waals surface area contributed by atoms with E-state index in [9.17, 15) is 0 Å². The summed E-state index contributed by atoms with van der Waals surface area (Å²) in [6.45, 7) is 0.821. The third kappa shape index (κ3) is 4.02. The Kier molecular flexibility index (Phi) is 5.46. The number of para-hydroxylation sites is 2. The summed E-state index contributed by atoms with van der Waals surface area (Å²) >= 11 is 3.39. The van der Waals surface area contributed by atoms with Gasteiger partial charge in [0.2, 0.25) is 0 Å². The van der Waals surface area contributed by atoms with Crippen LogP contribution in [0.3, 0.4) is 0 Å². The minimum Gasteiger partial charge on any atom is -0.494 e. The third-order valence-electron chi connectivity index (χ3n) is 4.19. The Hall–Kier alpha value is -2.70. The van der Waals surface area contributed by atoms with Crippen molar-refractivity contribution in [3.05, 3.63) is 82.0 Å². The second-order valence-corrected chi connectivity index (χ2v) is 7.67. The predicted octanol–water partition coefficient (Wildman–Crippen LogP) is 5.16. The van der Waals surface area contributed by atoms with Crippen molar-refractivity contribution < 1.29 is 4.74 Å². The summed E-state index contributed by atoms with van der Waals surface area (Å²) in [6.07, 6.45) is 2.70. The molecule has 0 atom stereocenters. The number of hydrogen-bond acceptors (Lipinski definition) is 5. The lowest BCUT2D eigenvalue weighted by Crippen LogP contribution is -2.17. The number of pyridine rings is 1. The first-order valence-electron chi connectivity index (χ1n) is 8.65. The van der Waals surface area contributed by atoms with Gasteiger partial charge >= 0.3 is 0 Å². The van der Waals surface area contributed by atoms with Gasteiger partial charge in [-0.05, 0) is 35.7 Å². The highest BCUT2D eigenvalue weighted by atomic mass is 32.1. The maximum atomic E-state index is 5.46. The molecule has 0 saturated carbocycles. The maximum absolute atomic E-state index is 5.46. The fourth-order valence-electron chi connectivity index (χ4n) is 2.85. The van der Waals surface area contributed by atoms with Gasteiger partial charge in [0.25, 0.3) is 0 Å². The van der Waals surface area contributed by atoms with Crippen molar-refractivity contribution >= 4 is 28.4 Å². The van der Waals surface area contributed by atoms with Crippen LogP contribution in [0.25, 0.3) is 10.6 Å². The zero-order chi connectivity index (χ0) is 18.5. The molecule has 0 radical (unpaired) electrons. The van der Waals surface area contributed by atoms with Gasteiger partial charge in [0, 0.05) is 30.2 Å². The number of hydrogen-bond donors (Lipinski definition) is 0. The quantitative estimate of drug-likeness (QED) is 0.454. The van der Waals surface area contributed by atoms with Gasteiger partial charge in [0.15, 0.2) is 4.80 Å². The Balaban J connectivity index is 1.76. The second-order valence-electron chi connectivity index (χ2n) is 5.89. The Morgan fingerprint density at radius 1 is 1.04 bits per heavy atom. The van der Waals surface area contributed by atoms with Crippen LogP contribution in [0.4, 0.5) is 5.69 Å². The average Bonchev–Trinajstić information content (AvgIpc) is 3.37. The highest BCUT2D eigenvalue weighted by Gasteiger charge is 2.10. The number of aromatic nitrogens is 2. The smallest absolute Gasteiger partial charge is 0.190 e. The van der Waals surface area contributed by atoms with Gasteiger partial charge in [-0.15, -0.1) is 22.7 Å². The lowest BCUT2D eigenvalue weighted by atomic mass is 10.2. The zero-order valence-electron chi connectivity index (χ0n) is 14.9. The molecule has 4 nitrogen and oxygen atoms in total. The van der Waals surface area contributed by atoms with Gasteiger partial charge in [-0.25, -0.2) is 4.99 Å². The molecular weight excluding hydrogens is 374 g/mol. The normalized spacial score (nSPS) is 11.7. The summed E-state index contributed by atoms with van der Waals surface area (Å²) in [4.78, 5) is 11.6. The molecule has 136 valence electrons. The van der Waals surface area contributed by atoms with Crippen molar-refractivity contribution in [3.8, 4) is 16.3 Å². The number of benzene rings is 1. The van der Waals surface area contributed by atoms with Crippen molar-refractivity contribution in [1.29, 1.82) is 0 Å². The first-order chi connectivity index (χ1) is 13.3. The molecule has 0 N–H and O–H groups in total. The van der Waals surface area contributed by atoms with E-state index in [1.54, 1.807) is 29.8 Å². The van der Waals surface area contributed by atoms with Gasteiger partial charge < -0.3 is 9.30 Å². The Bertz CT molecular complexity index is 1070. The first-order valence-corrected chi connectivity index (χ1v) is 10.4. The standard InChI is InChI=1S/C21H19N3OS2/c1-25-19-9-3-2-8-17(19)23-21-24(13-11-16-7-4-5-12-22-16)18(15-27-21)20-10-6-14-26-20/h2-10,12,14-15H,11,13H2,1H3. The average molecular weight is 394 g/mol. The number of thiophene rings is 1. The third-order valence-corrected chi connectivity index (χ3v) is 5.95. The Morgan fingerprint density at radius 2 is 1.93 bits per heavy atom. The molecule has 0 fully saturated rings. The number of thiazole rings is 1. The van der Waals surface area contributed by atoms with Gasteiger partial charge in [0.05, 0.1) is 17.7 Å². The predicted molar refractivity (Wildman–Crippen MR) is 112 cm³/mol. The van der Waals surface area contributed by atoms with Crippen LogP contribution in [0.2, 0.25) is 0 Å². The van der Waals surface area contributed by atoms with Crippen LogP contribution >= 0.6 is 22.7 Å². The highest BCUT2D eigenvalue weighted by Crippen LogP contribution is 2.28. The van der Waals surface area contributed by atoms with Crippen LogP contribution < -0.4 is 9.54 Å². The summed E-state index contributed by atoms with van der Waals surface area (Å²) in [7, 11) is 1.68. The van der Waals surface area contributed by atoms with Crippen molar-refractivity contribution in [1.82, 2.24) is 9.55 Å². The molecule has 0 amide bonds. The minimum atomic E-state index is 0.778. The molecule has 3 aromatic heterocycles. The van der Waals surface area contributed by atoms with Crippen molar-refractivity contribution in [2.45, 2.75) is 13.0 Å². The van der Waals surface area contributed by atoms with E-state index in [-0.39, 0.29) is 0 Å². The Morgan fingerprint density at radius 3 is 2.70 bits per heavy atom. The largest absolute Gasteiger partial charge is 0.494 e. The molecule has 0 aliphatic rings. The van der Waals surface area contributed by atoms with E-state index in [2.05, 4.69) is 38.5 Å². The fourth-order valence-corrected chi connectivity index (χ4v) is 4.62. The molecule has 0 saturated heterocycles. The first kappa shape index (κ1) is 17.7. The SMILES string of the molecule is COc1ccccc1N=c1scc(-c2cccs2)n1CCc1ccccn1. The topological polar surface area (TPSA) is 39.4 Å². The van der Waals surface area contributed by atoms with Gasteiger partial charge in [-0.3, -0.25) is 4.98 Å². The van der Waals surface area contributed by atoms with E-state index < -0.39 is 0 Å². The zero-order valence-corrected chi connectivity index (χ0v) is 16.5. The number of rotatable bonds is 6. The van der Waals surface area contributed by atoms with Crippen LogP contribution in [0.15, 0.2) is 76.5 Å². The van der Waals surface area contributed by atoms with E-state index in [4.69, 9.17) is 9.73 Å². The maximum Gasteiger partial charge on any atom is 0.190 e. The van der Waals surface area contributed by atoms with Crippen molar-refractivity contribution in [2.75, 3.05) is 7.11 Å². The molecule has 27 heavy (non-hydrogen) atoms. The fraction of sp³-hybridized carbons (Fsp3) is 0.143. The molecule has 0 aliphatic heterocycles. The number of nitrogens with zero attached hydrogens (tertiary/aromatic N) is 3. The van der Waals surface area contributed by atoms with Crippen molar-refractivity contribution in [3.63, 3.8) is 0 Å². The molecule has 4 aromatic rings. The van der Waals surface area contributed by atoms with Crippen LogP contribution in [-0.2, 0) is 13.0 Å². The summed E-state index contributed by atoms with van der Waals surface area (Å²) in [5.41, 5.74) is 3.11. The van der Waals surface area contributed by atoms with Crippen molar-refractivity contribution in [2.24, 2.45) is 4.99 Å². The molecule has 0 aliphatic carbocycles. The van der Waals surface area contributed by atoms with E-state index >= 15 is 0 Å². The molecule has 3 heterocycles. The Labute approximate surface area is 166 Å². The van der Waals surface area contributed by atoms with Gasteiger partial charge in [-0.1, -0.05) is 24.3 Å². The van der Waals surface area contributed by atoms with Crippen LogP contribution in [0.5, 0.6) is 5.75 Å². The number of aryl methyl sites for hydroxylation is 1.